The molecule has 0 saturated heterocycles. The maximum absolute atomic E-state index is 11.0. The van der Waals surface area contributed by atoms with E-state index in [4.69, 9.17) is 5.53 Å². The Balaban J connectivity index is 3.11. The minimum atomic E-state index is -0.641. The molecule has 0 bridgehead atoms. The summed E-state index contributed by atoms with van der Waals surface area (Å²) >= 11 is 3.12. The van der Waals surface area contributed by atoms with Crippen LogP contribution in [0.1, 0.15) is 10.4 Å². The van der Waals surface area contributed by atoms with Gasteiger partial charge in [0.15, 0.2) is 0 Å². The van der Waals surface area contributed by atoms with Crippen LogP contribution in [0.2, 0.25) is 0 Å². The van der Waals surface area contributed by atoms with E-state index in [1.165, 1.54) is 10.9 Å². The average Bonchev–Trinajstić information content (AvgIpc) is 2.34. The summed E-state index contributed by atoms with van der Waals surface area (Å²) in [6.07, 6.45) is 1.33. The van der Waals surface area contributed by atoms with Crippen LogP contribution in [0.15, 0.2) is 15.9 Å². The summed E-state index contributed by atoms with van der Waals surface area (Å²) < 4.78 is 1.96. The van der Waals surface area contributed by atoms with Gasteiger partial charge >= 0.3 is 0 Å². The number of rotatable bonds is 1. The van der Waals surface area contributed by atoms with Crippen LogP contribution in [0, 0.1) is 0 Å². The molecule has 0 aliphatic rings. The molecule has 0 unspecified atom stereocenters. The first-order chi connectivity index (χ1) is 5.66. The van der Waals surface area contributed by atoms with Crippen molar-refractivity contribution in [3.8, 4) is 0 Å². The van der Waals surface area contributed by atoms with Crippen LogP contribution in [0.5, 0.6) is 0 Å². The summed E-state index contributed by atoms with van der Waals surface area (Å²) in [6, 6.07) is 0. The SMILES string of the molecule is Cn1ncc(C(=O)N=[N+]=[N-])c1Br. The molecular formula is C5H4BrN5O. The lowest BCUT2D eigenvalue weighted by Crippen LogP contribution is -1.94. The van der Waals surface area contributed by atoms with Crippen LogP contribution in [-0.2, 0) is 7.05 Å². The zero-order valence-electron chi connectivity index (χ0n) is 6.10. The summed E-state index contributed by atoms with van der Waals surface area (Å²) in [5.74, 6) is -0.641. The first-order valence-corrected chi connectivity index (χ1v) is 3.73. The second kappa shape index (κ2) is 3.38. The summed E-state index contributed by atoms with van der Waals surface area (Å²) in [6.45, 7) is 0. The van der Waals surface area contributed by atoms with Gasteiger partial charge < -0.3 is 0 Å². The van der Waals surface area contributed by atoms with Crippen molar-refractivity contribution in [1.82, 2.24) is 9.78 Å². The van der Waals surface area contributed by atoms with Gasteiger partial charge in [-0.3, -0.25) is 9.48 Å². The number of carbonyl (C=O) groups is 1. The van der Waals surface area contributed by atoms with Gasteiger partial charge in [0, 0.05) is 12.0 Å². The Morgan fingerprint density at radius 1 is 1.92 bits per heavy atom. The smallest absolute Gasteiger partial charge is 0.253 e. The fourth-order valence-corrected chi connectivity index (χ4v) is 1.02. The van der Waals surface area contributed by atoms with Crippen LogP contribution in [0.25, 0.3) is 10.4 Å². The standard InChI is InChI=1S/C5H4BrN5O/c1-11-4(6)3(2-8-11)5(12)9-10-7/h2H,1H3. The molecule has 1 heterocycles. The van der Waals surface area contributed by atoms with Crippen molar-refractivity contribution in [2.75, 3.05) is 0 Å². The quantitative estimate of drug-likeness (QED) is 0.417. The predicted molar refractivity (Wildman–Crippen MR) is 44.4 cm³/mol. The highest BCUT2D eigenvalue weighted by Crippen LogP contribution is 2.15. The molecule has 0 N–H and O–H groups in total. The van der Waals surface area contributed by atoms with Crippen molar-refractivity contribution < 1.29 is 4.79 Å². The molecule has 1 amide bonds. The zero-order valence-corrected chi connectivity index (χ0v) is 7.69. The number of nitrogens with zero attached hydrogens (tertiary/aromatic N) is 5. The molecule has 0 radical (unpaired) electrons. The Labute approximate surface area is 75.9 Å². The van der Waals surface area contributed by atoms with E-state index in [0.717, 1.165) is 0 Å². The monoisotopic (exact) mass is 229 g/mol. The van der Waals surface area contributed by atoms with Crippen LogP contribution in [0.4, 0.5) is 0 Å². The molecule has 6 nitrogen and oxygen atoms in total. The van der Waals surface area contributed by atoms with Crippen LogP contribution in [-0.4, -0.2) is 15.7 Å². The van der Waals surface area contributed by atoms with Crippen molar-refractivity contribution in [1.29, 1.82) is 0 Å². The van der Waals surface area contributed by atoms with Gasteiger partial charge in [-0.1, -0.05) is 0 Å². The Hall–Kier alpha value is -1.33. The van der Waals surface area contributed by atoms with Crippen molar-refractivity contribution in [3.05, 3.63) is 26.8 Å². The van der Waals surface area contributed by atoms with E-state index >= 15 is 0 Å². The first kappa shape index (κ1) is 8.76. The lowest BCUT2D eigenvalue weighted by molar-refractivity contribution is 0.0999. The summed E-state index contributed by atoms with van der Waals surface area (Å²) in [5, 5.41) is 6.71. The van der Waals surface area contributed by atoms with Crippen LogP contribution >= 0.6 is 15.9 Å². The largest absolute Gasteiger partial charge is 0.287 e. The number of halogens is 1. The van der Waals surface area contributed by atoms with Gasteiger partial charge in [-0.15, -0.1) is 0 Å². The third-order valence-electron chi connectivity index (χ3n) is 1.23. The Morgan fingerprint density at radius 3 is 3.00 bits per heavy atom. The fraction of sp³-hybridized carbons (Fsp3) is 0.200. The van der Waals surface area contributed by atoms with Gasteiger partial charge in [0.1, 0.15) is 4.60 Å². The molecule has 0 fully saturated rings. The lowest BCUT2D eigenvalue weighted by atomic mass is 10.3. The summed E-state index contributed by atoms with van der Waals surface area (Å²) in [5.41, 5.74) is 8.25. The number of hydrogen-bond acceptors (Lipinski definition) is 2. The second-order valence-electron chi connectivity index (χ2n) is 1.97. The predicted octanol–water partition coefficient (Wildman–Crippen LogP) is 1.63. The molecule has 1 aromatic rings. The van der Waals surface area contributed by atoms with Crippen LogP contribution in [0.3, 0.4) is 0 Å². The molecule has 0 aliphatic heterocycles. The highest BCUT2D eigenvalue weighted by Gasteiger charge is 2.11. The molecule has 0 saturated carbocycles. The summed E-state index contributed by atoms with van der Waals surface area (Å²) in [4.78, 5) is 13.4. The molecule has 62 valence electrons. The van der Waals surface area contributed by atoms with E-state index in [9.17, 15) is 4.79 Å². The molecule has 0 spiro atoms. The van der Waals surface area contributed by atoms with Crippen molar-refractivity contribution >= 4 is 21.8 Å². The highest BCUT2D eigenvalue weighted by atomic mass is 79.9. The molecular weight excluding hydrogens is 226 g/mol. The molecule has 0 atom stereocenters. The average molecular weight is 230 g/mol. The van der Waals surface area contributed by atoms with Gasteiger partial charge in [-0.25, -0.2) is 0 Å². The third-order valence-corrected chi connectivity index (χ3v) is 2.17. The minimum absolute atomic E-state index is 0.260. The maximum Gasteiger partial charge on any atom is 0.253 e. The Bertz CT molecular complexity index is 364. The zero-order chi connectivity index (χ0) is 9.14. The maximum atomic E-state index is 11.0. The van der Waals surface area contributed by atoms with Gasteiger partial charge in [0.25, 0.3) is 5.91 Å². The van der Waals surface area contributed by atoms with Gasteiger partial charge in [-0.05, 0) is 26.6 Å². The molecule has 7 heteroatoms. The van der Waals surface area contributed by atoms with E-state index in [1.54, 1.807) is 7.05 Å². The molecule has 12 heavy (non-hydrogen) atoms. The van der Waals surface area contributed by atoms with E-state index in [0.29, 0.717) is 4.60 Å². The number of aryl methyl sites for hydroxylation is 1. The first-order valence-electron chi connectivity index (χ1n) is 2.93. The highest BCUT2D eigenvalue weighted by molar-refractivity contribution is 9.10. The van der Waals surface area contributed by atoms with E-state index in [-0.39, 0.29) is 5.56 Å². The minimum Gasteiger partial charge on any atom is -0.287 e. The van der Waals surface area contributed by atoms with Gasteiger partial charge in [-0.2, -0.15) is 5.10 Å². The van der Waals surface area contributed by atoms with Crippen molar-refractivity contribution in [2.45, 2.75) is 0 Å². The lowest BCUT2D eigenvalue weighted by Gasteiger charge is -1.91. The topological polar surface area (TPSA) is 83.7 Å². The van der Waals surface area contributed by atoms with Crippen molar-refractivity contribution in [2.24, 2.45) is 12.2 Å². The number of azide groups is 1. The molecule has 1 aromatic heterocycles. The van der Waals surface area contributed by atoms with Crippen molar-refractivity contribution in [3.63, 3.8) is 0 Å². The van der Waals surface area contributed by atoms with Gasteiger partial charge in [0.2, 0.25) is 0 Å². The third kappa shape index (κ3) is 1.46. The van der Waals surface area contributed by atoms with E-state index < -0.39 is 5.91 Å². The molecule has 0 aromatic carbocycles. The fourth-order valence-electron chi connectivity index (χ4n) is 0.661. The number of hydrogen-bond donors (Lipinski definition) is 0. The Morgan fingerprint density at radius 2 is 2.58 bits per heavy atom. The molecule has 0 aliphatic carbocycles. The number of carbonyl (C=O) groups excluding carboxylic acids is 1. The molecule has 1 rings (SSSR count). The van der Waals surface area contributed by atoms with Gasteiger partial charge in [0.05, 0.1) is 11.8 Å². The van der Waals surface area contributed by atoms with Crippen LogP contribution < -0.4 is 0 Å². The normalized spacial score (nSPS) is 9.17. The second-order valence-corrected chi connectivity index (χ2v) is 2.72. The number of aromatic nitrogens is 2. The van der Waals surface area contributed by atoms with E-state index in [2.05, 4.69) is 31.1 Å². The Kier molecular flexibility index (Phi) is 2.47. The van der Waals surface area contributed by atoms with E-state index in [1.807, 2.05) is 0 Å². The summed E-state index contributed by atoms with van der Waals surface area (Å²) in [7, 11) is 1.66. The number of amides is 1.